The molecule has 17 atom stereocenters. The highest BCUT2D eigenvalue weighted by Gasteiger charge is 2.55. The number of nitrogens with zero attached hydrogens (tertiary/aromatic N) is 3. The Kier molecular flexibility index (Phi) is 9.63. The molecule has 10 N–H and O–H groups in total. The summed E-state index contributed by atoms with van der Waals surface area (Å²) in [6.45, 7) is 0. The molecule has 1 aromatic rings. The zero-order chi connectivity index (χ0) is 33.1. The zero-order valence-electron chi connectivity index (χ0n) is 28.7. The second-order valence-electron chi connectivity index (χ2n) is 16.9. The summed E-state index contributed by atoms with van der Waals surface area (Å²) in [5.74, 6) is 3.07. The van der Waals surface area contributed by atoms with Crippen LogP contribution in [0.4, 0.5) is 8.78 Å². The van der Waals surface area contributed by atoms with Gasteiger partial charge >= 0.3 is 0 Å². The Morgan fingerprint density at radius 2 is 0.816 bits per heavy atom. The first kappa shape index (κ1) is 33.4. The molecule has 9 aliphatic rings. The number of hydrogen-bond donors (Lipinski definition) is 9. The van der Waals surface area contributed by atoms with E-state index in [9.17, 15) is 8.78 Å². The van der Waals surface area contributed by atoms with E-state index in [-0.39, 0.29) is 12.2 Å². The average Bonchev–Trinajstić information content (AvgIpc) is 3.86. The van der Waals surface area contributed by atoms with Gasteiger partial charge in [0.15, 0.2) is 5.82 Å². The number of aromatic nitrogens is 3. The fraction of sp³-hybridized carbons (Fsp3) is 0.914. The number of nitrogens with one attached hydrogen (secondary N) is 8. The average molecular weight is 685 g/mol. The molecule has 0 radical (unpaired) electrons. The first-order valence-corrected chi connectivity index (χ1v) is 19.8. The van der Waals surface area contributed by atoms with Crippen LogP contribution in [0.5, 0.6) is 0 Å². The summed E-state index contributed by atoms with van der Waals surface area (Å²) in [5.41, 5.74) is 6.95. The molecule has 10 rings (SSSR count). The van der Waals surface area contributed by atoms with Crippen LogP contribution in [0, 0.1) is 59.1 Å². The monoisotopic (exact) mass is 684 g/mol. The highest BCUT2D eigenvalue weighted by atomic mass is 19.2. The van der Waals surface area contributed by atoms with Crippen molar-refractivity contribution >= 4 is 0 Å². The number of rotatable bonds is 0. The predicted molar refractivity (Wildman–Crippen MR) is 180 cm³/mol. The van der Waals surface area contributed by atoms with Crippen LogP contribution in [0.15, 0.2) is 6.20 Å². The number of hydrogen-bond acceptors (Lipinski definition) is 12. The second-order valence-corrected chi connectivity index (χ2v) is 16.9. The number of fused-ring (bicyclic) bond motifs is 20. The summed E-state index contributed by atoms with van der Waals surface area (Å²) in [5, 5.41) is 42.0. The van der Waals surface area contributed by atoms with Crippen molar-refractivity contribution in [3.63, 3.8) is 0 Å². The van der Waals surface area contributed by atoms with E-state index >= 15 is 0 Å². The largest absolute Gasteiger partial charge is 0.327 e. The van der Waals surface area contributed by atoms with Gasteiger partial charge in [-0.05, 0) is 98.0 Å². The van der Waals surface area contributed by atoms with Gasteiger partial charge in [-0.15, -0.1) is 5.10 Å². The zero-order valence-corrected chi connectivity index (χ0v) is 28.7. The first-order chi connectivity index (χ1) is 24.0. The molecule has 272 valence electrons. The minimum absolute atomic E-state index is 0.272. The molecule has 6 heterocycles. The van der Waals surface area contributed by atoms with Gasteiger partial charge in [0, 0.05) is 12.0 Å². The Hall–Kier alpha value is -1.49. The van der Waals surface area contributed by atoms with Gasteiger partial charge in [0.25, 0.3) is 5.95 Å². The van der Waals surface area contributed by atoms with E-state index in [0.717, 1.165) is 18.3 Å². The molecule has 4 aliphatic carbocycles. The van der Waals surface area contributed by atoms with Crippen LogP contribution in [0.3, 0.4) is 0 Å². The van der Waals surface area contributed by atoms with Crippen LogP contribution >= 0.6 is 0 Å². The third kappa shape index (κ3) is 6.34. The fourth-order valence-electron chi connectivity index (χ4n) is 12.4. The van der Waals surface area contributed by atoms with Crippen LogP contribution in [0.25, 0.3) is 0 Å². The highest BCUT2D eigenvalue weighted by Crippen LogP contribution is 2.45. The molecule has 0 spiro atoms. The summed E-state index contributed by atoms with van der Waals surface area (Å²) in [7, 11) is 0. The Morgan fingerprint density at radius 1 is 0.469 bits per heavy atom. The Morgan fingerprint density at radius 3 is 1.16 bits per heavy atom. The van der Waals surface area contributed by atoms with Crippen molar-refractivity contribution in [1.29, 1.82) is 0 Å². The van der Waals surface area contributed by atoms with E-state index in [1.165, 1.54) is 89.9 Å². The standard InChI is InChI=1S/C32H57N9.C3HF2N3/c33-23-15-7-14-22-24(23)32-40-30-21-13-6-5-12-20(21)28(38-30)36-26-17-9-2-1-8-16(17)25(34-26)35-27-18-10-3-4-11-19(18)29(37-27)39-31(22)41-32;4-2-1-6-8-7-3(2)5/h16-32,34-41H,1-15,33H2;1H. The molecule has 5 saturated heterocycles. The lowest BCUT2D eigenvalue weighted by molar-refractivity contribution is 0.157. The van der Waals surface area contributed by atoms with Gasteiger partial charge in [-0.3, -0.25) is 42.5 Å². The van der Waals surface area contributed by atoms with Gasteiger partial charge in [-0.1, -0.05) is 50.0 Å². The van der Waals surface area contributed by atoms with E-state index in [0.29, 0.717) is 84.9 Å². The molecule has 0 amide bonds. The fourth-order valence-corrected chi connectivity index (χ4v) is 12.4. The van der Waals surface area contributed by atoms with Crippen LogP contribution < -0.4 is 48.3 Å². The Balaban J connectivity index is 0.000000360. The van der Waals surface area contributed by atoms with Gasteiger partial charge in [-0.2, -0.15) is 4.39 Å². The molecule has 0 aromatic carbocycles. The first-order valence-electron chi connectivity index (χ1n) is 19.8. The summed E-state index contributed by atoms with van der Waals surface area (Å²) in [4.78, 5) is 0. The van der Waals surface area contributed by atoms with E-state index in [2.05, 4.69) is 57.9 Å². The maximum absolute atomic E-state index is 11.8. The van der Waals surface area contributed by atoms with Crippen molar-refractivity contribution in [1.82, 2.24) is 57.9 Å². The lowest BCUT2D eigenvalue weighted by Crippen LogP contribution is -2.62. The van der Waals surface area contributed by atoms with Crippen molar-refractivity contribution in [3.05, 3.63) is 18.0 Å². The van der Waals surface area contributed by atoms with Crippen molar-refractivity contribution < 1.29 is 8.78 Å². The minimum Gasteiger partial charge on any atom is -0.327 e. The molecule has 5 aliphatic heterocycles. The number of halogens is 2. The molecule has 1 aromatic heterocycles. The lowest BCUT2D eigenvalue weighted by atomic mass is 9.75. The molecule has 4 saturated carbocycles. The third-order valence-corrected chi connectivity index (χ3v) is 14.5. The quantitative estimate of drug-likeness (QED) is 0.195. The van der Waals surface area contributed by atoms with Crippen molar-refractivity contribution in [2.75, 3.05) is 0 Å². The molecule has 9 fully saturated rings. The van der Waals surface area contributed by atoms with Crippen LogP contribution in [0.2, 0.25) is 0 Å². The van der Waals surface area contributed by atoms with Gasteiger partial charge < -0.3 is 5.73 Å². The maximum Gasteiger partial charge on any atom is 0.272 e. The van der Waals surface area contributed by atoms with E-state index in [1.807, 2.05) is 0 Å². The maximum atomic E-state index is 11.8. The molecule has 49 heavy (non-hydrogen) atoms. The van der Waals surface area contributed by atoms with Gasteiger partial charge in [0.05, 0.1) is 55.5 Å². The lowest BCUT2D eigenvalue weighted by Gasteiger charge is -2.38. The van der Waals surface area contributed by atoms with Crippen LogP contribution in [0.1, 0.15) is 96.3 Å². The normalized spacial score (nSPS) is 50.3. The smallest absolute Gasteiger partial charge is 0.272 e. The van der Waals surface area contributed by atoms with Gasteiger partial charge in [-0.25, -0.2) is 4.39 Å². The highest BCUT2D eigenvalue weighted by molar-refractivity contribution is 5.09. The van der Waals surface area contributed by atoms with E-state index in [1.54, 1.807) is 0 Å². The minimum atomic E-state index is -1.22. The summed E-state index contributed by atoms with van der Waals surface area (Å²) < 4.78 is 23.5. The molecule has 14 heteroatoms. The Bertz CT molecular complexity index is 1270. The second kappa shape index (κ2) is 14.1. The molecule has 17 unspecified atom stereocenters. The van der Waals surface area contributed by atoms with Gasteiger partial charge in [0.1, 0.15) is 0 Å². The van der Waals surface area contributed by atoms with Crippen LogP contribution in [-0.2, 0) is 0 Å². The van der Waals surface area contributed by atoms with E-state index in [4.69, 9.17) is 5.73 Å². The molecule has 12 nitrogen and oxygen atoms in total. The van der Waals surface area contributed by atoms with Crippen LogP contribution in [-0.4, -0.2) is 70.8 Å². The van der Waals surface area contributed by atoms with Crippen molar-refractivity contribution in [3.8, 4) is 0 Å². The Labute approximate surface area is 289 Å². The topological polar surface area (TPSA) is 161 Å². The SMILES string of the molecule is Fc1cnnnc1F.NC1CCCC2C3NC4NC(NC5NC(NC6NC(NC(N3)C12)C1CCCCC61)C1CCCCC51)C1CCCCC41. The molecule has 8 bridgehead atoms. The molecular weight excluding hydrogens is 626 g/mol. The summed E-state index contributed by atoms with van der Waals surface area (Å²) >= 11 is 0. The molecular formula is C35H58F2N12. The summed E-state index contributed by atoms with van der Waals surface area (Å²) in [6, 6.07) is 0.279. The van der Waals surface area contributed by atoms with Crippen molar-refractivity contribution in [2.24, 2.45) is 53.1 Å². The number of nitrogens with two attached hydrogens (primary N) is 1. The van der Waals surface area contributed by atoms with E-state index < -0.39 is 11.8 Å². The predicted octanol–water partition coefficient (Wildman–Crippen LogP) is 1.69. The van der Waals surface area contributed by atoms with Gasteiger partial charge in [0.2, 0.25) is 0 Å². The van der Waals surface area contributed by atoms with Crippen molar-refractivity contribution in [2.45, 2.75) is 152 Å². The third-order valence-electron chi connectivity index (χ3n) is 14.5. The summed E-state index contributed by atoms with van der Waals surface area (Å²) in [6.07, 6.45) is 23.7.